The summed E-state index contributed by atoms with van der Waals surface area (Å²) in [7, 11) is 1.50. The number of carbonyl (C=O) groups is 2. The van der Waals surface area contributed by atoms with Gasteiger partial charge in [-0.3, -0.25) is 14.5 Å². The van der Waals surface area contributed by atoms with Crippen molar-refractivity contribution in [3.05, 3.63) is 83.1 Å². The summed E-state index contributed by atoms with van der Waals surface area (Å²) in [5, 5.41) is 14.9. The van der Waals surface area contributed by atoms with Gasteiger partial charge in [-0.2, -0.15) is 0 Å². The van der Waals surface area contributed by atoms with Gasteiger partial charge in [0.05, 0.1) is 12.7 Å². The summed E-state index contributed by atoms with van der Waals surface area (Å²) in [4.78, 5) is 27.2. The van der Waals surface area contributed by atoms with Gasteiger partial charge >= 0.3 is 5.91 Å². The van der Waals surface area contributed by atoms with Gasteiger partial charge in [-0.25, -0.2) is 0 Å². The van der Waals surface area contributed by atoms with Gasteiger partial charge in [-0.05, 0) is 13.0 Å². The summed E-state index contributed by atoms with van der Waals surface area (Å²) in [5.41, 5.74) is 0.945. The Labute approximate surface area is 166 Å². The average molecular weight is 390 g/mol. The Hall–Kier alpha value is -3.87. The number of anilines is 1. The van der Waals surface area contributed by atoms with Crippen molar-refractivity contribution >= 4 is 23.3 Å². The molecular weight excluding hydrogens is 372 g/mol. The number of aliphatic hydroxyl groups excluding tert-OH is 1. The molecule has 1 atom stereocenters. The van der Waals surface area contributed by atoms with Crippen LogP contribution in [0.25, 0.3) is 5.76 Å². The van der Waals surface area contributed by atoms with Crippen LogP contribution in [0.2, 0.25) is 0 Å². The van der Waals surface area contributed by atoms with Crippen LogP contribution in [-0.2, 0) is 9.59 Å². The predicted molar refractivity (Wildman–Crippen MR) is 105 cm³/mol. The SMILES string of the molecule is COc1ccccc1[C@@H]1/C(=C(\O)c2ccccc2)C(=O)C(=O)N1c1cc(C)on1. The van der Waals surface area contributed by atoms with Crippen LogP contribution in [0, 0.1) is 6.92 Å². The maximum Gasteiger partial charge on any atom is 0.301 e. The van der Waals surface area contributed by atoms with Gasteiger partial charge in [0.2, 0.25) is 0 Å². The number of aliphatic hydroxyl groups is 1. The maximum atomic E-state index is 13.0. The molecule has 2 aromatic carbocycles. The number of aromatic nitrogens is 1. The van der Waals surface area contributed by atoms with Gasteiger partial charge in [0.15, 0.2) is 5.82 Å². The molecule has 1 aliphatic heterocycles. The van der Waals surface area contributed by atoms with Gasteiger partial charge in [0.25, 0.3) is 5.78 Å². The fourth-order valence-electron chi connectivity index (χ4n) is 3.47. The van der Waals surface area contributed by atoms with Crippen LogP contribution in [0.15, 0.2) is 70.8 Å². The number of amides is 1. The van der Waals surface area contributed by atoms with E-state index in [0.29, 0.717) is 22.6 Å². The van der Waals surface area contributed by atoms with Crippen molar-refractivity contribution in [2.45, 2.75) is 13.0 Å². The Kier molecular flexibility index (Phi) is 4.64. The number of nitrogens with zero attached hydrogens (tertiary/aromatic N) is 2. The first-order valence-corrected chi connectivity index (χ1v) is 8.95. The van der Waals surface area contributed by atoms with Crippen LogP contribution in [0.5, 0.6) is 5.75 Å². The van der Waals surface area contributed by atoms with Crippen LogP contribution in [-0.4, -0.2) is 29.1 Å². The van der Waals surface area contributed by atoms with Gasteiger partial charge in [-0.1, -0.05) is 53.7 Å². The molecule has 0 spiro atoms. The van der Waals surface area contributed by atoms with E-state index in [4.69, 9.17) is 9.26 Å². The van der Waals surface area contributed by atoms with Crippen LogP contribution in [0.4, 0.5) is 5.82 Å². The second-order valence-electron chi connectivity index (χ2n) is 6.57. The summed E-state index contributed by atoms with van der Waals surface area (Å²) in [6, 6.07) is 16.3. The number of rotatable bonds is 4. The molecule has 1 fully saturated rings. The predicted octanol–water partition coefficient (Wildman–Crippen LogP) is 3.62. The number of carbonyl (C=O) groups excluding carboxylic acids is 2. The van der Waals surface area contributed by atoms with E-state index in [1.807, 2.05) is 0 Å². The van der Waals surface area contributed by atoms with E-state index < -0.39 is 17.7 Å². The second-order valence-corrected chi connectivity index (χ2v) is 6.57. The van der Waals surface area contributed by atoms with E-state index in [9.17, 15) is 14.7 Å². The number of methoxy groups -OCH3 is 1. The molecule has 0 unspecified atom stereocenters. The molecule has 1 aromatic heterocycles. The van der Waals surface area contributed by atoms with Crippen LogP contribution < -0.4 is 9.64 Å². The zero-order valence-corrected chi connectivity index (χ0v) is 15.8. The largest absolute Gasteiger partial charge is 0.507 e. The lowest BCUT2D eigenvalue weighted by Gasteiger charge is -2.24. The summed E-state index contributed by atoms with van der Waals surface area (Å²) in [6.45, 7) is 1.69. The molecule has 146 valence electrons. The number of Topliss-reactive ketones (excluding diaryl/α,β-unsaturated/α-hetero) is 1. The van der Waals surface area contributed by atoms with E-state index in [1.54, 1.807) is 67.6 Å². The molecule has 2 heterocycles. The minimum Gasteiger partial charge on any atom is -0.507 e. The van der Waals surface area contributed by atoms with E-state index in [2.05, 4.69) is 5.16 Å². The second kappa shape index (κ2) is 7.27. The molecule has 1 aliphatic rings. The fourth-order valence-corrected chi connectivity index (χ4v) is 3.47. The standard InChI is InChI=1S/C22H18N2O5/c1-13-12-17(23-29-13)24-19(15-10-6-7-11-16(15)28-2)18(21(26)22(24)27)20(25)14-8-4-3-5-9-14/h3-12,19,25H,1-2H3/b20-18+/t19-/m1/s1. The summed E-state index contributed by atoms with van der Waals surface area (Å²) in [5.74, 6) is -0.711. The Morgan fingerprint density at radius 1 is 1.10 bits per heavy atom. The Bertz CT molecular complexity index is 1120. The highest BCUT2D eigenvalue weighted by molar-refractivity contribution is 6.51. The number of ether oxygens (including phenoxy) is 1. The van der Waals surface area contributed by atoms with E-state index in [1.165, 1.54) is 12.0 Å². The molecule has 0 aliphatic carbocycles. The summed E-state index contributed by atoms with van der Waals surface area (Å²) < 4.78 is 10.6. The number of benzene rings is 2. The quantitative estimate of drug-likeness (QED) is 0.416. The fraction of sp³-hybridized carbons (Fsp3) is 0.136. The van der Waals surface area contributed by atoms with Crippen molar-refractivity contribution in [1.82, 2.24) is 5.16 Å². The van der Waals surface area contributed by atoms with Crippen molar-refractivity contribution in [3.8, 4) is 5.75 Å². The Balaban J connectivity index is 1.99. The molecule has 0 radical (unpaired) electrons. The number of hydrogen-bond acceptors (Lipinski definition) is 6. The first-order chi connectivity index (χ1) is 14.0. The molecular formula is C22H18N2O5. The third-order valence-corrected chi connectivity index (χ3v) is 4.79. The number of aryl methyl sites for hydroxylation is 1. The van der Waals surface area contributed by atoms with Crippen molar-refractivity contribution in [2.24, 2.45) is 0 Å². The molecule has 0 bridgehead atoms. The highest BCUT2D eigenvalue weighted by Crippen LogP contribution is 2.44. The monoisotopic (exact) mass is 390 g/mol. The Morgan fingerprint density at radius 3 is 2.45 bits per heavy atom. The number of hydrogen-bond donors (Lipinski definition) is 1. The number of ketones is 1. The lowest BCUT2D eigenvalue weighted by Crippen LogP contribution is -2.29. The minimum atomic E-state index is -0.921. The first-order valence-electron chi connectivity index (χ1n) is 8.95. The molecule has 7 nitrogen and oxygen atoms in total. The first kappa shape index (κ1) is 18.5. The average Bonchev–Trinajstić information content (AvgIpc) is 3.29. The molecule has 1 saturated heterocycles. The highest BCUT2D eigenvalue weighted by Gasteiger charge is 2.48. The van der Waals surface area contributed by atoms with Gasteiger partial charge in [0.1, 0.15) is 23.3 Å². The molecule has 29 heavy (non-hydrogen) atoms. The third-order valence-electron chi connectivity index (χ3n) is 4.79. The lowest BCUT2D eigenvalue weighted by molar-refractivity contribution is -0.132. The molecule has 0 saturated carbocycles. The lowest BCUT2D eigenvalue weighted by atomic mass is 9.94. The van der Waals surface area contributed by atoms with Crippen molar-refractivity contribution < 1.29 is 24.0 Å². The molecule has 7 heteroatoms. The topological polar surface area (TPSA) is 92.9 Å². The summed E-state index contributed by atoms with van der Waals surface area (Å²) >= 11 is 0. The van der Waals surface area contributed by atoms with Gasteiger partial charge in [-0.15, -0.1) is 0 Å². The van der Waals surface area contributed by atoms with Crippen molar-refractivity contribution in [2.75, 3.05) is 12.0 Å². The molecule has 4 rings (SSSR count). The zero-order chi connectivity index (χ0) is 20.5. The Morgan fingerprint density at radius 2 is 1.79 bits per heavy atom. The van der Waals surface area contributed by atoms with Gasteiger partial charge < -0.3 is 14.4 Å². The van der Waals surface area contributed by atoms with Crippen molar-refractivity contribution in [1.29, 1.82) is 0 Å². The minimum absolute atomic E-state index is 0.0358. The molecule has 1 amide bonds. The molecule has 1 N–H and O–H groups in total. The normalized spacial score (nSPS) is 18.3. The van der Waals surface area contributed by atoms with E-state index in [-0.39, 0.29) is 17.2 Å². The van der Waals surface area contributed by atoms with Crippen molar-refractivity contribution in [3.63, 3.8) is 0 Å². The van der Waals surface area contributed by atoms with E-state index in [0.717, 1.165) is 0 Å². The molecule has 3 aromatic rings. The van der Waals surface area contributed by atoms with Gasteiger partial charge in [0, 0.05) is 17.2 Å². The smallest absolute Gasteiger partial charge is 0.301 e. The van der Waals surface area contributed by atoms with E-state index >= 15 is 0 Å². The van der Waals surface area contributed by atoms with Crippen LogP contribution >= 0.6 is 0 Å². The number of para-hydroxylation sites is 1. The zero-order valence-electron chi connectivity index (χ0n) is 15.8. The van der Waals surface area contributed by atoms with Crippen LogP contribution in [0.3, 0.4) is 0 Å². The summed E-state index contributed by atoms with van der Waals surface area (Å²) in [6.07, 6.45) is 0. The van der Waals surface area contributed by atoms with Crippen LogP contribution in [0.1, 0.15) is 22.9 Å². The highest BCUT2D eigenvalue weighted by atomic mass is 16.5. The third kappa shape index (κ3) is 3.06. The maximum absolute atomic E-state index is 13.0.